The lowest BCUT2D eigenvalue weighted by Gasteiger charge is -2.30. The highest BCUT2D eigenvalue weighted by molar-refractivity contribution is 5.74. The van der Waals surface area contributed by atoms with Gasteiger partial charge in [0.1, 0.15) is 57.5 Å². The number of nitrogens with one attached hydrogen (secondary N) is 3. The van der Waals surface area contributed by atoms with Gasteiger partial charge in [-0.3, -0.25) is 9.20 Å². The minimum atomic E-state index is -0.555. The number of aliphatic hydroxyl groups excluding tert-OH is 1. The molecule has 0 saturated carbocycles. The summed E-state index contributed by atoms with van der Waals surface area (Å²) in [7, 11) is 0. The lowest BCUT2D eigenvalue weighted by atomic mass is 10.2. The lowest BCUT2D eigenvalue weighted by Crippen LogP contribution is -3.28. The summed E-state index contributed by atoms with van der Waals surface area (Å²) in [5.74, 6) is 0.436. The largest absolute Gasteiger partial charge is 1.00 e. The van der Waals surface area contributed by atoms with E-state index in [2.05, 4.69) is 40.3 Å². The first kappa shape index (κ1) is 28.6. The van der Waals surface area contributed by atoms with Crippen LogP contribution in [0, 0.1) is 0 Å². The molecule has 1 aliphatic heterocycles. The number of nitrogens with zero attached hydrogens (tertiary/aromatic N) is 2. The molecule has 190 valence electrons. The van der Waals surface area contributed by atoms with E-state index in [-0.39, 0.29) is 42.5 Å². The SMILES string of the molecule is O.O=c1[nH]c2ccc(OCC(O)C[NH+]3CC[NH+](Cc4ccccc4)CC3)nc2n2cccc12.[Cl-].[Cl-]. The number of aromatic amines is 1. The number of ether oxygens (including phenoxy) is 1. The van der Waals surface area contributed by atoms with E-state index in [1.165, 1.54) is 10.5 Å². The van der Waals surface area contributed by atoms with Crippen LogP contribution in [0.5, 0.6) is 5.88 Å². The number of aromatic nitrogens is 3. The van der Waals surface area contributed by atoms with Crippen LogP contribution in [0.1, 0.15) is 5.56 Å². The van der Waals surface area contributed by atoms with Crippen LogP contribution in [0.3, 0.4) is 0 Å². The molecule has 0 spiro atoms. The van der Waals surface area contributed by atoms with Gasteiger partial charge in [0.05, 0.1) is 5.52 Å². The van der Waals surface area contributed by atoms with E-state index in [0.717, 1.165) is 32.7 Å². The van der Waals surface area contributed by atoms with Gasteiger partial charge in [0.25, 0.3) is 5.56 Å². The van der Waals surface area contributed by atoms with Gasteiger partial charge in [-0.15, -0.1) is 0 Å². The molecule has 0 aliphatic carbocycles. The maximum Gasteiger partial charge on any atom is 0.272 e. The van der Waals surface area contributed by atoms with Gasteiger partial charge in [-0.2, -0.15) is 4.98 Å². The van der Waals surface area contributed by atoms with Crippen LogP contribution in [-0.4, -0.2) is 70.4 Å². The molecule has 0 amide bonds. The number of pyridine rings is 1. The van der Waals surface area contributed by atoms with Crippen molar-refractivity contribution in [1.29, 1.82) is 0 Å². The van der Waals surface area contributed by atoms with Crippen LogP contribution in [-0.2, 0) is 6.54 Å². The van der Waals surface area contributed by atoms with Gasteiger partial charge in [0, 0.05) is 17.8 Å². The molecule has 1 saturated heterocycles. The van der Waals surface area contributed by atoms with Gasteiger partial charge in [0.15, 0.2) is 5.65 Å². The van der Waals surface area contributed by atoms with Gasteiger partial charge < -0.3 is 54.9 Å². The smallest absolute Gasteiger partial charge is 0.272 e. The molecular formula is C24H31Cl2N5O4. The summed E-state index contributed by atoms with van der Waals surface area (Å²) in [6.07, 6.45) is 1.25. The Hall–Kier alpha value is -2.66. The van der Waals surface area contributed by atoms with Crippen molar-refractivity contribution in [3.05, 3.63) is 76.7 Å². The summed E-state index contributed by atoms with van der Waals surface area (Å²) < 4.78 is 7.54. The second kappa shape index (κ2) is 12.9. The third-order valence-electron chi connectivity index (χ3n) is 6.22. The Bertz CT molecular complexity index is 1260. The summed E-state index contributed by atoms with van der Waals surface area (Å²) >= 11 is 0. The molecule has 0 bridgehead atoms. The Morgan fingerprint density at radius 2 is 1.71 bits per heavy atom. The highest BCUT2D eigenvalue weighted by Crippen LogP contribution is 2.15. The van der Waals surface area contributed by atoms with Crippen LogP contribution >= 0.6 is 0 Å². The fraction of sp³-hybridized carbons (Fsp3) is 0.333. The molecule has 4 aromatic rings. The molecule has 1 aliphatic rings. The first-order valence-corrected chi connectivity index (χ1v) is 11.2. The van der Waals surface area contributed by atoms with E-state index in [0.29, 0.717) is 29.1 Å². The minimum Gasteiger partial charge on any atom is -1.00 e. The summed E-state index contributed by atoms with van der Waals surface area (Å²) in [6, 6.07) is 17.7. The van der Waals surface area contributed by atoms with Gasteiger partial charge >= 0.3 is 0 Å². The molecule has 35 heavy (non-hydrogen) atoms. The summed E-state index contributed by atoms with van der Waals surface area (Å²) in [5.41, 5.74) is 3.04. The predicted molar refractivity (Wildman–Crippen MR) is 125 cm³/mol. The average Bonchev–Trinajstić information content (AvgIpc) is 3.31. The van der Waals surface area contributed by atoms with Crippen molar-refractivity contribution < 1.29 is 49.9 Å². The summed E-state index contributed by atoms with van der Waals surface area (Å²) in [6.45, 7) is 6.23. The Morgan fingerprint density at radius 1 is 1.00 bits per heavy atom. The molecule has 1 unspecified atom stereocenters. The molecule has 4 heterocycles. The average molecular weight is 524 g/mol. The Kier molecular flexibility index (Phi) is 10.5. The Labute approximate surface area is 215 Å². The van der Waals surface area contributed by atoms with E-state index < -0.39 is 6.10 Å². The molecule has 9 nitrogen and oxygen atoms in total. The first-order valence-electron chi connectivity index (χ1n) is 11.2. The number of aliphatic hydroxyl groups is 1. The number of quaternary nitrogens is 2. The van der Waals surface area contributed by atoms with Gasteiger partial charge in [-0.1, -0.05) is 30.3 Å². The van der Waals surface area contributed by atoms with Crippen LogP contribution in [0.25, 0.3) is 16.7 Å². The Morgan fingerprint density at radius 3 is 2.46 bits per heavy atom. The molecule has 0 radical (unpaired) electrons. The van der Waals surface area contributed by atoms with Crippen molar-refractivity contribution in [2.75, 3.05) is 39.3 Å². The zero-order valence-corrected chi connectivity index (χ0v) is 20.7. The zero-order chi connectivity index (χ0) is 21.9. The molecule has 1 aromatic carbocycles. The van der Waals surface area contributed by atoms with Crippen LogP contribution < -0.4 is 44.9 Å². The predicted octanol–water partition coefficient (Wildman–Crippen LogP) is -7.92. The molecule has 1 atom stereocenters. The van der Waals surface area contributed by atoms with E-state index in [9.17, 15) is 9.90 Å². The number of benzene rings is 1. The second-order valence-electron chi connectivity index (χ2n) is 8.57. The van der Waals surface area contributed by atoms with E-state index in [4.69, 9.17) is 4.74 Å². The number of rotatable bonds is 7. The van der Waals surface area contributed by atoms with Crippen molar-refractivity contribution in [2.24, 2.45) is 0 Å². The third kappa shape index (κ3) is 6.72. The van der Waals surface area contributed by atoms with Gasteiger partial charge in [-0.05, 0) is 18.2 Å². The van der Waals surface area contributed by atoms with Gasteiger partial charge in [0.2, 0.25) is 5.88 Å². The number of hydrogen-bond acceptors (Lipinski definition) is 4. The fourth-order valence-corrected chi connectivity index (χ4v) is 4.53. The highest BCUT2D eigenvalue weighted by atomic mass is 35.5. The molecule has 11 heteroatoms. The fourth-order valence-electron chi connectivity index (χ4n) is 4.53. The van der Waals surface area contributed by atoms with Crippen molar-refractivity contribution in [3.63, 3.8) is 0 Å². The van der Waals surface area contributed by atoms with E-state index >= 15 is 0 Å². The number of halogens is 2. The summed E-state index contributed by atoms with van der Waals surface area (Å²) in [4.78, 5) is 22.5. The van der Waals surface area contributed by atoms with Crippen LogP contribution in [0.2, 0.25) is 0 Å². The number of hydrogen-bond donors (Lipinski definition) is 4. The number of H-pyrrole nitrogens is 1. The van der Waals surface area contributed by atoms with E-state index in [1.807, 2.05) is 6.07 Å². The topological polar surface area (TPSA) is 120 Å². The molecule has 6 N–H and O–H groups in total. The van der Waals surface area contributed by atoms with Crippen molar-refractivity contribution in [2.45, 2.75) is 12.6 Å². The Balaban J connectivity index is 0.00000144. The monoisotopic (exact) mass is 523 g/mol. The lowest BCUT2D eigenvalue weighted by molar-refractivity contribution is -1.02. The quantitative estimate of drug-likeness (QED) is 0.192. The molecule has 1 fully saturated rings. The molecule has 5 rings (SSSR count). The van der Waals surface area contributed by atoms with Crippen molar-refractivity contribution in [1.82, 2.24) is 14.4 Å². The van der Waals surface area contributed by atoms with Crippen molar-refractivity contribution >= 4 is 16.7 Å². The van der Waals surface area contributed by atoms with Crippen LogP contribution in [0.4, 0.5) is 0 Å². The minimum absolute atomic E-state index is 0. The first-order chi connectivity index (χ1) is 15.7. The summed E-state index contributed by atoms with van der Waals surface area (Å²) in [5, 5.41) is 10.5. The molecular weight excluding hydrogens is 493 g/mol. The maximum absolute atomic E-state index is 12.1. The zero-order valence-electron chi connectivity index (χ0n) is 19.2. The normalized spacial score (nSPS) is 18.2. The number of fused-ring (bicyclic) bond motifs is 3. The maximum atomic E-state index is 12.1. The second-order valence-corrected chi connectivity index (χ2v) is 8.57. The standard InChI is InChI=1S/C24H27N5O3.2ClH.H2O/c30-19(16-28-13-11-27(12-14-28)15-18-5-2-1-3-6-18)17-32-22-9-8-20-23(26-22)29-10-4-7-21(29)24(31)25-20;;;/h1-10,19,30H,11-17H2,(H,25,31);2*1H;1H2. The van der Waals surface area contributed by atoms with Crippen molar-refractivity contribution in [3.8, 4) is 5.88 Å². The number of piperazine rings is 1. The van der Waals surface area contributed by atoms with E-state index in [1.54, 1.807) is 33.7 Å². The third-order valence-corrected chi connectivity index (χ3v) is 6.22. The molecule has 3 aromatic heterocycles. The van der Waals surface area contributed by atoms with Gasteiger partial charge in [-0.25, -0.2) is 0 Å². The van der Waals surface area contributed by atoms with Crippen LogP contribution in [0.15, 0.2) is 65.6 Å². The highest BCUT2D eigenvalue weighted by Gasteiger charge is 2.25.